The normalized spacial score (nSPS) is 20.6. The van der Waals surface area contributed by atoms with Crippen LogP contribution >= 0.6 is 23.6 Å². The van der Waals surface area contributed by atoms with Crippen molar-refractivity contribution in [1.82, 2.24) is 9.88 Å². The topological polar surface area (TPSA) is 36.1 Å². The number of carbonyl (C=O) groups excluding carboxylic acids is 1. The molecule has 1 aliphatic rings. The molecule has 1 fully saturated rings. The second kappa shape index (κ2) is 5.31. The van der Waals surface area contributed by atoms with Crippen molar-refractivity contribution in [3.8, 4) is 0 Å². The van der Waals surface area contributed by atoms with Gasteiger partial charge in [-0.3, -0.25) is 4.79 Å². The minimum atomic E-state index is 0.241. The van der Waals surface area contributed by atoms with Gasteiger partial charge in [0.05, 0.1) is 6.42 Å². The molecule has 1 amide bonds. The second-order valence-electron chi connectivity index (χ2n) is 4.83. The van der Waals surface area contributed by atoms with Crippen LogP contribution in [0, 0.1) is 16.8 Å². The number of aryl methyl sites for hydroxylation is 1. The minimum absolute atomic E-state index is 0.241. The lowest BCUT2D eigenvalue weighted by atomic mass is 10.00. The van der Waals surface area contributed by atoms with Gasteiger partial charge in [0.25, 0.3) is 0 Å². The van der Waals surface area contributed by atoms with Gasteiger partial charge in [0, 0.05) is 23.7 Å². The maximum Gasteiger partial charge on any atom is 0.227 e. The van der Waals surface area contributed by atoms with Gasteiger partial charge in [-0.2, -0.15) is 0 Å². The summed E-state index contributed by atoms with van der Waals surface area (Å²) in [6.45, 7) is 6.02. The molecule has 5 heteroatoms. The molecule has 2 rings (SSSR count). The maximum atomic E-state index is 12.2. The van der Waals surface area contributed by atoms with Crippen LogP contribution in [0.4, 0.5) is 0 Å². The quantitative estimate of drug-likeness (QED) is 0.839. The summed E-state index contributed by atoms with van der Waals surface area (Å²) < 4.78 is 0.761. The molecule has 0 aromatic carbocycles. The zero-order valence-electron chi connectivity index (χ0n) is 10.3. The molecule has 1 aromatic rings. The first-order valence-corrected chi connectivity index (χ1v) is 7.25. The molecule has 0 radical (unpaired) electrons. The molecule has 94 valence electrons. The summed E-state index contributed by atoms with van der Waals surface area (Å²) in [6.07, 6.45) is 2.87. The third-order valence-electron chi connectivity index (χ3n) is 3.25. The number of thiazole rings is 1. The van der Waals surface area contributed by atoms with Crippen LogP contribution in [0.5, 0.6) is 0 Å². The predicted octanol–water partition coefficient (Wildman–Crippen LogP) is 2.92. The highest BCUT2D eigenvalue weighted by molar-refractivity contribution is 7.73. The molecule has 1 atom stereocenters. The predicted molar refractivity (Wildman–Crippen MR) is 72.9 cm³/mol. The Morgan fingerprint density at radius 1 is 1.65 bits per heavy atom. The average molecular weight is 270 g/mol. The molecule has 0 saturated carbocycles. The number of piperidine rings is 1. The summed E-state index contributed by atoms with van der Waals surface area (Å²) >= 11 is 6.61. The zero-order valence-corrected chi connectivity index (χ0v) is 11.9. The number of rotatable bonds is 2. The van der Waals surface area contributed by atoms with Crippen LogP contribution in [-0.2, 0) is 11.2 Å². The number of nitrogens with one attached hydrogen (secondary N) is 1. The Balaban J connectivity index is 2.01. The Kier molecular flexibility index (Phi) is 3.99. The molecule has 0 spiro atoms. The lowest BCUT2D eigenvalue weighted by Crippen LogP contribution is -2.39. The molecule has 0 aliphatic carbocycles. The van der Waals surface area contributed by atoms with Crippen LogP contribution in [0.2, 0.25) is 0 Å². The number of aromatic amines is 1. The number of H-pyrrole nitrogens is 1. The molecule has 2 heterocycles. The summed E-state index contributed by atoms with van der Waals surface area (Å²) in [5.41, 5.74) is 1.04. The van der Waals surface area contributed by atoms with E-state index in [1.165, 1.54) is 17.8 Å². The van der Waals surface area contributed by atoms with Crippen LogP contribution in [0.15, 0.2) is 0 Å². The smallest absolute Gasteiger partial charge is 0.227 e. The van der Waals surface area contributed by atoms with Crippen molar-refractivity contribution in [2.45, 2.75) is 33.1 Å². The van der Waals surface area contributed by atoms with E-state index in [0.29, 0.717) is 12.3 Å². The molecule has 1 unspecified atom stereocenters. The van der Waals surface area contributed by atoms with Crippen LogP contribution < -0.4 is 0 Å². The highest BCUT2D eigenvalue weighted by atomic mass is 32.1. The molecule has 1 saturated heterocycles. The van der Waals surface area contributed by atoms with Gasteiger partial charge in [-0.1, -0.05) is 6.92 Å². The van der Waals surface area contributed by atoms with Crippen molar-refractivity contribution in [2.75, 3.05) is 13.1 Å². The maximum absolute atomic E-state index is 12.2. The van der Waals surface area contributed by atoms with Crippen LogP contribution in [-0.4, -0.2) is 28.9 Å². The van der Waals surface area contributed by atoms with E-state index in [0.717, 1.165) is 34.0 Å². The van der Waals surface area contributed by atoms with Crippen molar-refractivity contribution < 1.29 is 4.79 Å². The fraction of sp³-hybridized carbons (Fsp3) is 0.667. The summed E-state index contributed by atoms with van der Waals surface area (Å²) in [7, 11) is 0. The van der Waals surface area contributed by atoms with Crippen molar-refractivity contribution >= 4 is 29.5 Å². The van der Waals surface area contributed by atoms with E-state index >= 15 is 0 Å². The number of hydrogen-bond donors (Lipinski definition) is 1. The Bertz CT molecular complexity index is 463. The van der Waals surface area contributed by atoms with E-state index in [-0.39, 0.29) is 5.91 Å². The highest BCUT2D eigenvalue weighted by Gasteiger charge is 2.21. The third-order valence-corrected chi connectivity index (χ3v) is 4.58. The van der Waals surface area contributed by atoms with E-state index in [4.69, 9.17) is 12.2 Å². The van der Waals surface area contributed by atoms with Crippen LogP contribution in [0.1, 0.15) is 30.3 Å². The zero-order chi connectivity index (χ0) is 12.4. The summed E-state index contributed by atoms with van der Waals surface area (Å²) in [6, 6.07) is 0. The third kappa shape index (κ3) is 3.16. The number of hydrogen-bond acceptors (Lipinski definition) is 3. The van der Waals surface area contributed by atoms with E-state index < -0.39 is 0 Å². The lowest BCUT2D eigenvalue weighted by Gasteiger charge is -2.30. The molecule has 0 bridgehead atoms. The van der Waals surface area contributed by atoms with Crippen LogP contribution in [0.25, 0.3) is 0 Å². The van der Waals surface area contributed by atoms with E-state index in [1.807, 2.05) is 11.8 Å². The fourth-order valence-corrected chi connectivity index (χ4v) is 3.55. The van der Waals surface area contributed by atoms with Gasteiger partial charge >= 0.3 is 0 Å². The number of likely N-dealkylation sites (tertiary alicyclic amines) is 1. The van der Waals surface area contributed by atoms with Gasteiger partial charge < -0.3 is 9.88 Å². The summed E-state index contributed by atoms with van der Waals surface area (Å²) in [5.74, 6) is 0.878. The first kappa shape index (κ1) is 12.8. The van der Waals surface area contributed by atoms with E-state index in [9.17, 15) is 4.79 Å². The first-order chi connectivity index (χ1) is 8.06. The van der Waals surface area contributed by atoms with Crippen molar-refractivity contribution in [3.63, 3.8) is 0 Å². The average Bonchev–Trinajstić information content (AvgIpc) is 2.57. The molecular formula is C12H18N2OS2. The minimum Gasteiger partial charge on any atom is -0.342 e. The molecule has 1 aromatic heterocycles. The van der Waals surface area contributed by atoms with Gasteiger partial charge in [-0.25, -0.2) is 0 Å². The first-order valence-electron chi connectivity index (χ1n) is 6.02. The standard InChI is InChI=1S/C12H18N2OS2/c1-8-4-3-5-14(7-8)11(15)6-10-9(2)13-12(16)17-10/h8H,3-7H2,1-2H3,(H,13,16). The SMILES string of the molecule is Cc1[nH]c(=S)sc1CC(=O)N1CCCC(C)C1. The van der Waals surface area contributed by atoms with Gasteiger partial charge in [-0.05, 0) is 37.9 Å². The molecule has 17 heavy (non-hydrogen) atoms. The van der Waals surface area contributed by atoms with Crippen molar-refractivity contribution in [2.24, 2.45) is 5.92 Å². The lowest BCUT2D eigenvalue weighted by molar-refractivity contribution is -0.132. The van der Waals surface area contributed by atoms with E-state index in [1.54, 1.807) is 0 Å². The highest BCUT2D eigenvalue weighted by Crippen LogP contribution is 2.19. The second-order valence-corrected chi connectivity index (χ2v) is 6.60. The van der Waals surface area contributed by atoms with Crippen molar-refractivity contribution in [3.05, 3.63) is 14.5 Å². The summed E-state index contributed by atoms with van der Waals surface area (Å²) in [5, 5.41) is 0. The van der Waals surface area contributed by atoms with Crippen LogP contribution in [0.3, 0.4) is 0 Å². The molecule has 1 N–H and O–H groups in total. The Morgan fingerprint density at radius 3 is 3.00 bits per heavy atom. The number of amides is 1. The Hall–Kier alpha value is -0.680. The monoisotopic (exact) mass is 270 g/mol. The number of nitrogens with zero attached hydrogens (tertiary/aromatic N) is 1. The number of aromatic nitrogens is 1. The van der Waals surface area contributed by atoms with Gasteiger partial charge in [0.15, 0.2) is 3.95 Å². The molecule has 1 aliphatic heterocycles. The summed E-state index contributed by atoms with van der Waals surface area (Å²) in [4.78, 5) is 18.3. The van der Waals surface area contributed by atoms with Crippen molar-refractivity contribution in [1.29, 1.82) is 0 Å². The van der Waals surface area contributed by atoms with Gasteiger partial charge in [0.2, 0.25) is 5.91 Å². The van der Waals surface area contributed by atoms with E-state index in [2.05, 4.69) is 11.9 Å². The Labute approximate surface area is 111 Å². The number of carbonyl (C=O) groups is 1. The Morgan fingerprint density at radius 2 is 2.41 bits per heavy atom. The van der Waals surface area contributed by atoms with Gasteiger partial charge in [-0.15, -0.1) is 11.3 Å². The van der Waals surface area contributed by atoms with Gasteiger partial charge in [0.1, 0.15) is 0 Å². The molecule has 3 nitrogen and oxygen atoms in total. The largest absolute Gasteiger partial charge is 0.342 e. The fourth-order valence-electron chi connectivity index (χ4n) is 2.27. The molecular weight excluding hydrogens is 252 g/mol.